The molecule has 19 heavy (non-hydrogen) atoms. The van der Waals surface area contributed by atoms with Gasteiger partial charge in [0.15, 0.2) is 5.82 Å². The zero-order chi connectivity index (χ0) is 14.0. The minimum atomic E-state index is 0.459. The van der Waals surface area contributed by atoms with Crippen LogP contribution in [0.5, 0.6) is 0 Å². The summed E-state index contributed by atoms with van der Waals surface area (Å²) in [6.45, 7) is 11.5. The Morgan fingerprint density at radius 3 is 2.58 bits per heavy atom. The van der Waals surface area contributed by atoms with Gasteiger partial charge in [-0.25, -0.2) is 0 Å². The van der Waals surface area contributed by atoms with E-state index in [1.54, 1.807) is 0 Å². The molecule has 0 aliphatic heterocycles. The lowest BCUT2D eigenvalue weighted by molar-refractivity contribution is 0.361. The van der Waals surface area contributed by atoms with Gasteiger partial charge in [-0.1, -0.05) is 19.0 Å². The van der Waals surface area contributed by atoms with Gasteiger partial charge >= 0.3 is 0 Å². The van der Waals surface area contributed by atoms with Gasteiger partial charge in [0.2, 0.25) is 5.89 Å². The lowest BCUT2D eigenvalue weighted by Crippen LogP contribution is -2.22. The van der Waals surface area contributed by atoms with Crippen LogP contribution in [0.4, 0.5) is 0 Å². The molecule has 0 saturated carbocycles. The molecule has 0 amide bonds. The van der Waals surface area contributed by atoms with Gasteiger partial charge in [-0.15, -0.1) is 0 Å². The monoisotopic (exact) mass is 263 g/mol. The van der Waals surface area contributed by atoms with Gasteiger partial charge in [0.05, 0.1) is 5.69 Å². The molecular weight excluding hydrogens is 242 g/mol. The molecule has 1 N–H and O–H groups in total. The maximum Gasteiger partial charge on any atom is 0.248 e. The summed E-state index contributed by atoms with van der Waals surface area (Å²) < 4.78 is 7.05. The van der Waals surface area contributed by atoms with Gasteiger partial charge in [0.1, 0.15) is 6.54 Å². The molecule has 0 bridgehead atoms. The number of hydrogen-bond acceptors (Lipinski definition) is 5. The predicted octanol–water partition coefficient (Wildman–Crippen LogP) is 1.74. The molecule has 0 atom stereocenters. The molecule has 6 nitrogen and oxygen atoms in total. The van der Waals surface area contributed by atoms with E-state index in [2.05, 4.69) is 41.3 Å². The third-order valence-electron chi connectivity index (χ3n) is 3.07. The lowest BCUT2D eigenvalue weighted by Gasteiger charge is -2.08. The molecule has 0 spiro atoms. The number of rotatable bonds is 5. The summed E-state index contributed by atoms with van der Waals surface area (Å²) in [5, 5.41) is 11.8. The van der Waals surface area contributed by atoms with Gasteiger partial charge in [0.25, 0.3) is 0 Å². The summed E-state index contributed by atoms with van der Waals surface area (Å²) >= 11 is 0. The maximum absolute atomic E-state index is 5.13. The topological polar surface area (TPSA) is 68.8 Å². The van der Waals surface area contributed by atoms with E-state index in [-0.39, 0.29) is 0 Å². The van der Waals surface area contributed by atoms with Crippen molar-refractivity contribution in [3.05, 3.63) is 28.7 Å². The smallest absolute Gasteiger partial charge is 0.248 e. The average molecular weight is 263 g/mol. The highest BCUT2D eigenvalue weighted by Gasteiger charge is 2.13. The Balaban J connectivity index is 2.16. The molecule has 0 saturated heterocycles. The van der Waals surface area contributed by atoms with E-state index < -0.39 is 0 Å². The maximum atomic E-state index is 5.13. The van der Waals surface area contributed by atoms with Gasteiger partial charge in [-0.3, -0.25) is 4.68 Å². The van der Waals surface area contributed by atoms with Crippen LogP contribution >= 0.6 is 0 Å². The van der Waals surface area contributed by atoms with Crippen LogP contribution < -0.4 is 5.32 Å². The summed E-state index contributed by atoms with van der Waals surface area (Å²) in [7, 11) is 0. The second kappa shape index (κ2) is 5.52. The number of aryl methyl sites for hydroxylation is 2. The first-order chi connectivity index (χ1) is 8.97. The van der Waals surface area contributed by atoms with Gasteiger partial charge in [-0.2, -0.15) is 10.1 Å². The fourth-order valence-electron chi connectivity index (χ4n) is 1.98. The van der Waals surface area contributed by atoms with Crippen molar-refractivity contribution in [2.45, 2.75) is 53.8 Å². The Kier molecular flexibility index (Phi) is 3.99. The van der Waals surface area contributed by atoms with Crippen molar-refractivity contribution in [2.24, 2.45) is 0 Å². The molecule has 0 aliphatic rings. The fraction of sp³-hybridized carbons (Fsp3) is 0.615. The third kappa shape index (κ3) is 3.20. The highest BCUT2D eigenvalue weighted by atomic mass is 16.5. The van der Waals surface area contributed by atoms with Crippen LogP contribution in [-0.4, -0.2) is 26.0 Å². The highest BCUT2D eigenvalue weighted by Crippen LogP contribution is 2.14. The molecule has 0 radical (unpaired) electrons. The summed E-state index contributed by atoms with van der Waals surface area (Å²) in [4.78, 5) is 4.21. The van der Waals surface area contributed by atoms with Crippen molar-refractivity contribution in [3.8, 4) is 0 Å². The largest absolute Gasteiger partial charge is 0.337 e. The summed E-state index contributed by atoms with van der Waals surface area (Å²) in [5.41, 5.74) is 3.42. The Morgan fingerprint density at radius 1 is 1.26 bits per heavy atom. The molecule has 2 aromatic heterocycles. The molecule has 2 rings (SSSR count). The van der Waals surface area contributed by atoms with E-state index in [1.165, 1.54) is 5.56 Å². The molecule has 6 heteroatoms. The predicted molar refractivity (Wildman–Crippen MR) is 71.8 cm³/mol. The minimum Gasteiger partial charge on any atom is -0.337 e. The molecule has 0 aromatic carbocycles. The quantitative estimate of drug-likeness (QED) is 0.889. The van der Waals surface area contributed by atoms with Crippen molar-refractivity contribution in [1.29, 1.82) is 0 Å². The van der Waals surface area contributed by atoms with Crippen LogP contribution in [0.25, 0.3) is 0 Å². The van der Waals surface area contributed by atoms with E-state index in [1.807, 2.05) is 18.5 Å². The first kappa shape index (κ1) is 13.7. The molecular formula is C13H21N5O. The van der Waals surface area contributed by atoms with Crippen molar-refractivity contribution >= 4 is 0 Å². The average Bonchev–Trinajstić information content (AvgIpc) is 2.83. The molecule has 2 heterocycles. The van der Waals surface area contributed by atoms with Crippen molar-refractivity contribution in [2.75, 3.05) is 0 Å². The van der Waals surface area contributed by atoms with E-state index >= 15 is 0 Å². The molecule has 2 aromatic rings. The molecule has 0 aliphatic carbocycles. The standard InChI is InChI=1S/C13H21N5O/c1-8(2)14-6-12-9(3)16-18(10(12)4)7-13-15-11(5)17-19-13/h8,14H,6-7H2,1-5H3. The minimum absolute atomic E-state index is 0.459. The second-order valence-electron chi connectivity index (χ2n) is 5.08. The first-order valence-electron chi connectivity index (χ1n) is 6.52. The Labute approximate surface area is 113 Å². The van der Waals surface area contributed by atoms with E-state index in [9.17, 15) is 0 Å². The Hall–Kier alpha value is -1.69. The lowest BCUT2D eigenvalue weighted by atomic mass is 10.2. The Bertz CT molecular complexity index is 555. The number of nitrogens with zero attached hydrogens (tertiary/aromatic N) is 4. The van der Waals surface area contributed by atoms with Crippen molar-refractivity contribution in [3.63, 3.8) is 0 Å². The number of nitrogens with one attached hydrogen (secondary N) is 1. The molecule has 0 unspecified atom stereocenters. The van der Waals surface area contributed by atoms with Crippen LogP contribution in [0.15, 0.2) is 4.52 Å². The second-order valence-corrected chi connectivity index (χ2v) is 5.08. The SMILES string of the molecule is Cc1noc(Cn2nc(C)c(CNC(C)C)c2C)n1. The van der Waals surface area contributed by atoms with E-state index in [0.717, 1.165) is 17.9 Å². The zero-order valence-electron chi connectivity index (χ0n) is 12.2. The van der Waals surface area contributed by atoms with Crippen molar-refractivity contribution < 1.29 is 4.52 Å². The Morgan fingerprint density at radius 2 is 2.00 bits per heavy atom. The van der Waals surface area contributed by atoms with Crippen LogP contribution in [0.2, 0.25) is 0 Å². The van der Waals surface area contributed by atoms with Crippen LogP contribution in [-0.2, 0) is 13.1 Å². The normalized spacial score (nSPS) is 11.5. The fourth-order valence-corrected chi connectivity index (χ4v) is 1.98. The zero-order valence-corrected chi connectivity index (χ0v) is 12.2. The van der Waals surface area contributed by atoms with Crippen molar-refractivity contribution in [1.82, 2.24) is 25.2 Å². The molecule has 0 fully saturated rings. The van der Waals surface area contributed by atoms with Gasteiger partial charge < -0.3 is 9.84 Å². The summed E-state index contributed by atoms with van der Waals surface area (Å²) in [6.07, 6.45) is 0. The van der Waals surface area contributed by atoms with Crippen LogP contribution in [0.1, 0.15) is 42.5 Å². The first-order valence-corrected chi connectivity index (χ1v) is 6.52. The summed E-state index contributed by atoms with van der Waals surface area (Å²) in [5.74, 6) is 1.24. The van der Waals surface area contributed by atoms with Gasteiger partial charge in [-0.05, 0) is 20.8 Å². The van der Waals surface area contributed by atoms with E-state index in [0.29, 0.717) is 24.3 Å². The van der Waals surface area contributed by atoms with E-state index in [4.69, 9.17) is 4.52 Å². The number of hydrogen-bond donors (Lipinski definition) is 1. The molecule has 104 valence electrons. The third-order valence-corrected chi connectivity index (χ3v) is 3.07. The van der Waals surface area contributed by atoms with Crippen LogP contribution in [0.3, 0.4) is 0 Å². The van der Waals surface area contributed by atoms with Crippen LogP contribution in [0, 0.1) is 20.8 Å². The highest BCUT2D eigenvalue weighted by molar-refractivity contribution is 5.24. The summed E-state index contributed by atoms with van der Waals surface area (Å²) in [6, 6.07) is 0.459. The van der Waals surface area contributed by atoms with Gasteiger partial charge in [0, 0.05) is 23.8 Å². The number of aromatic nitrogens is 4.